The van der Waals surface area contributed by atoms with Gasteiger partial charge in [0.2, 0.25) is 0 Å². The summed E-state index contributed by atoms with van der Waals surface area (Å²) in [6, 6.07) is 0. The highest BCUT2D eigenvalue weighted by molar-refractivity contribution is 5.71. The number of unbranched alkanes of at least 4 members (excludes halogenated alkanes) is 21. The molecule has 0 aliphatic carbocycles. The van der Waals surface area contributed by atoms with E-state index >= 15 is 0 Å². The minimum absolute atomic E-state index is 0.0952. The molecule has 0 saturated carbocycles. The zero-order valence-corrected chi connectivity index (χ0v) is 41.1. The summed E-state index contributed by atoms with van der Waals surface area (Å²) in [5, 5.41) is 0. The van der Waals surface area contributed by atoms with Crippen LogP contribution in [-0.4, -0.2) is 37.2 Å². The van der Waals surface area contributed by atoms with E-state index in [1.165, 1.54) is 57.8 Å². The lowest BCUT2D eigenvalue weighted by Crippen LogP contribution is -2.30. The third-order valence-electron chi connectivity index (χ3n) is 10.9. The first kappa shape index (κ1) is 59.6. The second-order valence-corrected chi connectivity index (χ2v) is 17.0. The lowest BCUT2D eigenvalue weighted by molar-refractivity contribution is -0.167. The van der Waals surface area contributed by atoms with Crippen LogP contribution in [0.2, 0.25) is 0 Å². The van der Waals surface area contributed by atoms with Crippen LogP contribution < -0.4 is 0 Å². The van der Waals surface area contributed by atoms with E-state index in [0.29, 0.717) is 19.3 Å². The molecule has 0 aliphatic rings. The first-order chi connectivity index (χ1) is 31.0. The van der Waals surface area contributed by atoms with Crippen molar-refractivity contribution in [3.63, 3.8) is 0 Å². The summed E-state index contributed by atoms with van der Waals surface area (Å²) in [7, 11) is 0. The van der Waals surface area contributed by atoms with Gasteiger partial charge in [-0.15, -0.1) is 0 Å². The molecule has 0 saturated heterocycles. The fraction of sp³-hybridized carbons (Fsp3) is 0.702. The van der Waals surface area contributed by atoms with Gasteiger partial charge in [0.15, 0.2) is 6.10 Å². The topological polar surface area (TPSA) is 78.9 Å². The van der Waals surface area contributed by atoms with Gasteiger partial charge in [-0.25, -0.2) is 0 Å². The van der Waals surface area contributed by atoms with E-state index in [4.69, 9.17) is 14.2 Å². The van der Waals surface area contributed by atoms with E-state index in [2.05, 4.69) is 106 Å². The normalized spacial score (nSPS) is 12.7. The zero-order valence-electron chi connectivity index (χ0n) is 41.1. The number of carbonyl (C=O) groups is 3. The minimum Gasteiger partial charge on any atom is -0.462 e. The van der Waals surface area contributed by atoms with Gasteiger partial charge in [0.25, 0.3) is 0 Å². The molecule has 6 heteroatoms. The van der Waals surface area contributed by atoms with Crippen LogP contribution in [0.15, 0.2) is 85.1 Å². The van der Waals surface area contributed by atoms with Gasteiger partial charge in [-0.05, 0) is 109 Å². The van der Waals surface area contributed by atoms with E-state index in [1.807, 2.05) is 0 Å². The molecular weight excluding hydrogens is 781 g/mol. The Morgan fingerprint density at radius 2 is 0.619 bits per heavy atom. The van der Waals surface area contributed by atoms with Crippen LogP contribution >= 0.6 is 0 Å². The van der Waals surface area contributed by atoms with Gasteiger partial charge < -0.3 is 14.2 Å². The highest BCUT2D eigenvalue weighted by Crippen LogP contribution is 2.13. The third-order valence-corrected chi connectivity index (χ3v) is 10.9. The first-order valence-electron chi connectivity index (χ1n) is 26.1. The van der Waals surface area contributed by atoms with E-state index in [0.717, 1.165) is 141 Å². The zero-order chi connectivity index (χ0) is 45.8. The van der Waals surface area contributed by atoms with Crippen molar-refractivity contribution < 1.29 is 28.6 Å². The van der Waals surface area contributed by atoms with Crippen LogP contribution in [0.1, 0.15) is 239 Å². The number of esters is 3. The van der Waals surface area contributed by atoms with Gasteiger partial charge in [-0.3, -0.25) is 14.4 Å². The van der Waals surface area contributed by atoms with Gasteiger partial charge in [0.05, 0.1) is 0 Å². The Labute approximate surface area is 388 Å². The molecule has 0 aromatic heterocycles. The smallest absolute Gasteiger partial charge is 0.306 e. The van der Waals surface area contributed by atoms with Crippen molar-refractivity contribution in [3.05, 3.63) is 85.1 Å². The lowest BCUT2D eigenvalue weighted by Gasteiger charge is -2.18. The lowest BCUT2D eigenvalue weighted by atomic mass is 10.1. The summed E-state index contributed by atoms with van der Waals surface area (Å²) >= 11 is 0. The van der Waals surface area contributed by atoms with E-state index in [1.54, 1.807) is 0 Å². The minimum atomic E-state index is -0.796. The third kappa shape index (κ3) is 49.5. The molecule has 0 aromatic carbocycles. The van der Waals surface area contributed by atoms with E-state index < -0.39 is 6.10 Å². The van der Waals surface area contributed by atoms with Crippen molar-refractivity contribution in [2.45, 2.75) is 245 Å². The van der Waals surface area contributed by atoms with Crippen LogP contribution in [0.3, 0.4) is 0 Å². The van der Waals surface area contributed by atoms with Gasteiger partial charge in [0.1, 0.15) is 13.2 Å². The predicted octanol–water partition coefficient (Wildman–Crippen LogP) is 17.2. The number of ether oxygens (including phenoxy) is 3. The van der Waals surface area contributed by atoms with Crippen LogP contribution in [-0.2, 0) is 28.6 Å². The summed E-state index contributed by atoms with van der Waals surface area (Å²) in [6.07, 6.45) is 65.7. The van der Waals surface area contributed by atoms with Crippen molar-refractivity contribution in [2.75, 3.05) is 13.2 Å². The second kappa shape index (κ2) is 51.2. The maximum atomic E-state index is 12.8. The first-order valence-corrected chi connectivity index (χ1v) is 26.1. The molecule has 0 fully saturated rings. The summed E-state index contributed by atoms with van der Waals surface area (Å²) in [5.41, 5.74) is 0. The SMILES string of the molecule is CC/C=C\C/C=C\C/C=C\C/C=C\CCCCCCCCC(=O)OCC(COC(=O)CCCCCCC/C=C\C/C=C\CC)OC(=O)CCCCC/C=C\CCCCCCCCC. The largest absolute Gasteiger partial charge is 0.462 e. The number of carbonyl (C=O) groups excluding carboxylic acids is 3. The Kier molecular flexibility index (Phi) is 48.5. The highest BCUT2D eigenvalue weighted by atomic mass is 16.6. The van der Waals surface area contributed by atoms with Crippen LogP contribution in [0.5, 0.6) is 0 Å². The molecule has 360 valence electrons. The molecule has 63 heavy (non-hydrogen) atoms. The summed E-state index contributed by atoms with van der Waals surface area (Å²) in [6.45, 7) is 6.37. The standard InChI is InChI=1S/C57H96O6/c1-4-7-10-13-16-19-22-25-27-28-29-30-31-33-35-38-41-44-47-50-56(59)62-53-54(52-61-55(58)49-46-43-40-37-34-24-21-18-15-12-9-6-3)63-57(60)51-48-45-42-39-36-32-26-23-20-17-14-11-8-5-2/h7,9-10,12,16,18-19,21,25,27,29-30,32,36,54H,4-6,8,11,13-15,17,20,22-24,26,28,31,33-35,37-53H2,1-3H3/b10-7-,12-9-,19-16-,21-18-,27-25-,30-29-,36-32-. The number of hydrogen-bond acceptors (Lipinski definition) is 6. The molecule has 0 amide bonds. The molecule has 0 aromatic rings. The maximum Gasteiger partial charge on any atom is 0.306 e. The maximum absolute atomic E-state index is 12.8. The average Bonchev–Trinajstić information content (AvgIpc) is 3.28. The van der Waals surface area contributed by atoms with Crippen molar-refractivity contribution >= 4 is 17.9 Å². The van der Waals surface area contributed by atoms with Crippen molar-refractivity contribution in [2.24, 2.45) is 0 Å². The van der Waals surface area contributed by atoms with Crippen LogP contribution in [0.4, 0.5) is 0 Å². The fourth-order valence-electron chi connectivity index (χ4n) is 6.99. The molecule has 0 N–H and O–H groups in total. The molecule has 0 bridgehead atoms. The molecule has 0 radical (unpaired) electrons. The van der Waals surface area contributed by atoms with Crippen molar-refractivity contribution in [1.29, 1.82) is 0 Å². The number of allylic oxidation sites excluding steroid dienone is 14. The molecule has 6 nitrogen and oxygen atoms in total. The Morgan fingerprint density at radius 3 is 1.00 bits per heavy atom. The Hall–Kier alpha value is -3.41. The quantitative estimate of drug-likeness (QED) is 0.0262. The van der Waals surface area contributed by atoms with Crippen molar-refractivity contribution in [1.82, 2.24) is 0 Å². The monoisotopic (exact) mass is 877 g/mol. The fourth-order valence-corrected chi connectivity index (χ4v) is 6.99. The second-order valence-electron chi connectivity index (χ2n) is 17.0. The molecular formula is C57H96O6. The summed E-state index contributed by atoms with van der Waals surface area (Å²) < 4.78 is 16.8. The number of hydrogen-bond donors (Lipinski definition) is 0. The van der Waals surface area contributed by atoms with Gasteiger partial charge in [0, 0.05) is 19.3 Å². The van der Waals surface area contributed by atoms with Crippen molar-refractivity contribution in [3.8, 4) is 0 Å². The van der Waals surface area contributed by atoms with Gasteiger partial charge in [-0.1, -0.05) is 196 Å². The number of rotatable bonds is 46. The predicted molar refractivity (Wildman–Crippen MR) is 270 cm³/mol. The molecule has 0 heterocycles. The highest BCUT2D eigenvalue weighted by Gasteiger charge is 2.19. The Balaban J connectivity index is 4.42. The van der Waals surface area contributed by atoms with Crippen LogP contribution in [0.25, 0.3) is 0 Å². The molecule has 1 unspecified atom stereocenters. The molecule has 0 spiro atoms. The molecule has 0 rings (SSSR count). The molecule has 0 aliphatic heterocycles. The van der Waals surface area contributed by atoms with E-state index in [-0.39, 0.29) is 31.1 Å². The Morgan fingerprint density at radius 1 is 0.333 bits per heavy atom. The van der Waals surface area contributed by atoms with Gasteiger partial charge in [-0.2, -0.15) is 0 Å². The average molecular weight is 877 g/mol. The summed E-state index contributed by atoms with van der Waals surface area (Å²) in [5.74, 6) is -0.940. The summed E-state index contributed by atoms with van der Waals surface area (Å²) in [4.78, 5) is 38.0. The van der Waals surface area contributed by atoms with Crippen LogP contribution in [0, 0.1) is 0 Å². The molecule has 1 atom stereocenters. The Bertz CT molecular complexity index is 1240. The van der Waals surface area contributed by atoms with Gasteiger partial charge >= 0.3 is 17.9 Å². The van der Waals surface area contributed by atoms with E-state index in [9.17, 15) is 14.4 Å².